The molecular weight excluding hydrogens is 480 g/mol. The summed E-state index contributed by atoms with van der Waals surface area (Å²) in [7, 11) is 0. The van der Waals surface area contributed by atoms with Crippen molar-refractivity contribution in [3.8, 4) is 0 Å². The van der Waals surface area contributed by atoms with Crippen LogP contribution >= 0.6 is 0 Å². The van der Waals surface area contributed by atoms with Crippen molar-refractivity contribution in [2.24, 2.45) is 17.2 Å². The fourth-order valence-electron chi connectivity index (χ4n) is 4.31. The molecule has 0 aromatic rings. The first-order valence-electron chi connectivity index (χ1n) is 15.4. The molecule has 11 N–H and O–H groups in total. The molecule has 0 fully saturated rings. The molecule has 2 unspecified atom stereocenters. The maximum atomic E-state index is 12.8. The largest absolute Gasteiger partial charge is 0.387 e. The van der Waals surface area contributed by atoms with Crippen molar-refractivity contribution in [2.75, 3.05) is 32.7 Å². The highest BCUT2D eigenvalue weighted by molar-refractivity contribution is 5.81. The van der Waals surface area contributed by atoms with Crippen LogP contribution < -0.4 is 33.2 Å². The number of allylic oxidation sites excluding steroid dienone is 1. The van der Waals surface area contributed by atoms with Gasteiger partial charge in [-0.1, -0.05) is 83.3 Å². The van der Waals surface area contributed by atoms with Crippen LogP contribution in [0.1, 0.15) is 110 Å². The molecule has 0 heterocycles. The Bertz CT molecular complexity index is 552. The second-order valence-electron chi connectivity index (χ2n) is 10.5. The first kappa shape index (κ1) is 36.9. The standard InChI is InChI=1S/C29H62N6O3/c1-2-3-4-5-6-7-8-9-10-11-12-13-14-19-26(36)27(32)29(38)35-28(37)25(34-24-17-21-31)18-15-22-33-23-16-20-30/h14,19,25-27,29,33-34,36,38H,2-13,15-18,20-24,30-32H2,1H3,(H,35,37)/b19-14+/t25?,26-,27+,29?/m1/s1. The molecule has 0 rings (SSSR count). The molecule has 4 atom stereocenters. The van der Waals surface area contributed by atoms with Crippen LogP contribution in [0.2, 0.25) is 0 Å². The summed E-state index contributed by atoms with van der Waals surface area (Å²) >= 11 is 0. The van der Waals surface area contributed by atoms with Crippen LogP contribution in [-0.2, 0) is 4.79 Å². The third-order valence-electron chi connectivity index (χ3n) is 6.85. The second kappa shape index (κ2) is 27.5. The average Bonchev–Trinajstić information content (AvgIpc) is 2.91. The predicted molar refractivity (Wildman–Crippen MR) is 160 cm³/mol. The lowest BCUT2D eigenvalue weighted by atomic mass is 10.0. The van der Waals surface area contributed by atoms with Gasteiger partial charge < -0.3 is 43.4 Å². The molecule has 0 aliphatic heterocycles. The van der Waals surface area contributed by atoms with Crippen molar-refractivity contribution < 1.29 is 15.0 Å². The summed E-state index contributed by atoms with van der Waals surface area (Å²) in [5.41, 5.74) is 17.1. The van der Waals surface area contributed by atoms with Crippen LogP contribution in [0.25, 0.3) is 0 Å². The van der Waals surface area contributed by atoms with Crippen LogP contribution in [0.4, 0.5) is 0 Å². The molecule has 0 radical (unpaired) electrons. The Morgan fingerprint density at radius 1 is 0.789 bits per heavy atom. The van der Waals surface area contributed by atoms with Crippen LogP contribution in [-0.4, -0.2) is 73.3 Å². The van der Waals surface area contributed by atoms with E-state index in [2.05, 4.69) is 22.9 Å². The predicted octanol–water partition coefficient (Wildman–Crippen LogP) is 2.39. The monoisotopic (exact) mass is 542 g/mol. The minimum atomic E-state index is -1.34. The Morgan fingerprint density at radius 2 is 1.34 bits per heavy atom. The number of carbonyl (C=O) groups excluding carboxylic acids is 1. The molecule has 9 heteroatoms. The maximum Gasteiger partial charge on any atom is 0.239 e. The van der Waals surface area contributed by atoms with E-state index in [-0.39, 0.29) is 5.91 Å². The average molecular weight is 543 g/mol. The van der Waals surface area contributed by atoms with Gasteiger partial charge in [0, 0.05) is 0 Å². The summed E-state index contributed by atoms with van der Waals surface area (Å²) in [5.74, 6) is -0.330. The molecule has 226 valence electrons. The molecule has 0 spiro atoms. The number of amides is 1. The van der Waals surface area contributed by atoms with E-state index >= 15 is 0 Å². The van der Waals surface area contributed by atoms with Gasteiger partial charge in [0.15, 0.2) is 0 Å². The van der Waals surface area contributed by atoms with Gasteiger partial charge in [-0.15, -0.1) is 0 Å². The number of aliphatic hydroxyl groups excluding tert-OH is 2. The molecule has 38 heavy (non-hydrogen) atoms. The number of carbonyl (C=O) groups is 1. The SMILES string of the molecule is CCCCCCCCCCCCC/C=C/[C@@H](O)[C@H](N)C(O)NC(=O)C(CCCNCCCN)NCCCN. The van der Waals surface area contributed by atoms with Gasteiger partial charge in [-0.25, -0.2) is 0 Å². The molecule has 0 saturated heterocycles. The van der Waals surface area contributed by atoms with Gasteiger partial charge in [0.05, 0.1) is 18.2 Å². The Labute approximate surface area is 233 Å². The minimum Gasteiger partial charge on any atom is -0.387 e. The van der Waals surface area contributed by atoms with E-state index in [0.29, 0.717) is 26.1 Å². The number of hydrogen-bond acceptors (Lipinski definition) is 8. The van der Waals surface area contributed by atoms with Crippen molar-refractivity contribution in [1.82, 2.24) is 16.0 Å². The molecule has 0 aliphatic rings. The Hall–Kier alpha value is -1.07. The second-order valence-corrected chi connectivity index (χ2v) is 10.5. The first-order valence-corrected chi connectivity index (χ1v) is 15.4. The van der Waals surface area contributed by atoms with E-state index in [4.69, 9.17) is 17.2 Å². The molecule has 9 nitrogen and oxygen atoms in total. The van der Waals surface area contributed by atoms with Gasteiger partial charge >= 0.3 is 0 Å². The number of nitrogens with one attached hydrogen (secondary N) is 3. The normalized spacial score (nSPS) is 15.0. The lowest BCUT2D eigenvalue weighted by molar-refractivity contribution is -0.127. The number of aliphatic hydroxyl groups is 2. The third-order valence-corrected chi connectivity index (χ3v) is 6.85. The fourth-order valence-corrected chi connectivity index (χ4v) is 4.31. The molecule has 0 aromatic heterocycles. The summed E-state index contributed by atoms with van der Waals surface area (Å²) in [6, 6.07) is -1.47. The number of rotatable bonds is 28. The van der Waals surface area contributed by atoms with E-state index in [1.54, 1.807) is 6.08 Å². The van der Waals surface area contributed by atoms with Crippen LogP contribution in [0, 0.1) is 0 Å². The van der Waals surface area contributed by atoms with Gasteiger partial charge in [0.25, 0.3) is 0 Å². The molecule has 0 bridgehead atoms. The smallest absolute Gasteiger partial charge is 0.239 e. The van der Waals surface area contributed by atoms with Crippen LogP contribution in [0.3, 0.4) is 0 Å². The van der Waals surface area contributed by atoms with E-state index in [0.717, 1.165) is 45.2 Å². The zero-order chi connectivity index (χ0) is 28.3. The quantitative estimate of drug-likeness (QED) is 0.0423. The lowest BCUT2D eigenvalue weighted by Gasteiger charge is -2.26. The number of hydrogen-bond donors (Lipinski definition) is 8. The van der Waals surface area contributed by atoms with Crippen molar-refractivity contribution in [1.29, 1.82) is 0 Å². The highest BCUT2D eigenvalue weighted by Gasteiger charge is 2.26. The number of nitrogens with two attached hydrogens (primary N) is 3. The molecule has 0 aliphatic carbocycles. The van der Waals surface area contributed by atoms with Gasteiger partial charge in [0.2, 0.25) is 5.91 Å². The molecule has 1 amide bonds. The zero-order valence-corrected chi connectivity index (χ0v) is 24.3. The van der Waals surface area contributed by atoms with Crippen molar-refractivity contribution in [3.05, 3.63) is 12.2 Å². The Balaban J connectivity index is 4.19. The maximum absolute atomic E-state index is 12.8. The molecule has 0 aromatic carbocycles. The zero-order valence-electron chi connectivity index (χ0n) is 24.3. The van der Waals surface area contributed by atoms with Crippen molar-refractivity contribution >= 4 is 5.91 Å². The summed E-state index contributed by atoms with van der Waals surface area (Å²) in [4.78, 5) is 12.8. The van der Waals surface area contributed by atoms with E-state index < -0.39 is 24.4 Å². The highest BCUT2D eigenvalue weighted by Crippen LogP contribution is 2.12. The number of unbranched alkanes of at least 4 members (excludes halogenated alkanes) is 11. The van der Waals surface area contributed by atoms with Crippen molar-refractivity contribution in [3.63, 3.8) is 0 Å². The fraction of sp³-hybridized carbons (Fsp3) is 0.897. The Morgan fingerprint density at radius 3 is 1.95 bits per heavy atom. The Kier molecular flexibility index (Phi) is 26.7. The first-order chi connectivity index (χ1) is 18.5. The van der Waals surface area contributed by atoms with Gasteiger partial charge in [-0.2, -0.15) is 0 Å². The summed E-state index contributed by atoms with van der Waals surface area (Å²) in [5, 5.41) is 29.9. The minimum absolute atomic E-state index is 0.330. The lowest BCUT2D eigenvalue weighted by Crippen LogP contribution is -2.56. The van der Waals surface area contributed by atoms with Gasteiger partial charge in [-0.05, 0) is 71.2 Å². The van der Waals surface area contributed by atoms with Gasteiger partial charge in [0.1, 0.15) is 6.23 Å². The van der Waals surface area contributed by atoms with E-state index in [9.17, 15) is 15.0 Å². The topological polar surface area (TPSA) is 172 Å². The third kappa shape index (κ3) is 21.8. The van der Waals surface area contributed by atoms with E-state index in [1.165, 1.54) is 64.2 Å². The molecular formula is C29H62N6O3. The van der Waals surface area contributed by atoms with Crippen LogP contribution in [0.15, 0.2) is 12.2 Å². The van der Waals surface area contributed by atoms with Crippen molar-refractivity contribution in [2.45, 2.75) is 134 Å². The van der Waals surface area contributed by atoms with E-state index in [1.807, 2.05) is 6.08 Å². The summed E-state index contributed by atoms with van der Waals surface area (Å²) in [6.07, 6.45) is 19.4. The van der Waals surface area contributed by atoms with Crippen LogP contribution in [0.5, 0.6) is 0 Å². The summed E-state index contributed by atoms with van der Waals surface area (Å²) < 4.78 is 0. The summed E-state index contributed by atoms with van der Waals surface area (Å²) in [6.45, 7) is 5.69. The van der Waals surface area contributed by atoms with Gasteiger partial charge in [-0.3, -0.25) is 4.79 Å². The molecule has 0 saturated carbocycles. The highest BCUT2D eigenvalue weighted by atomic mass is 16.3.